The molecule has 6 rings (SSSR count). The van der Waals surface area contributed by atoms with E-state index in [9.17, 15) is 0 Å². The maximum atomic E-state index is 4.96. The van der Waals surface area contributed by atoms with Crippen molar-refractivity contribution in [1.29, 1.82) is 0 Å². The summed E-state index contributed by atoms with van der Waals surface area (Å²) in [4.78, 5) is 13.1. The molecule has 0 saturated heterocycles. The number of aromatic amines is 1. The third kappa shape index (κ3) is 3.26. The van der Waals surface area contributed by atoms with Gasteiger partial charge in [0, 0.05) is 35.7 Å². The van der Waals surface area contributed by atoms with Crippen molar-refractivity contribution in [2.24, 2.45) is 10.9 Å². The lowest BCUT2D eigenvalue weighted by Crippen LogP contribution is -2.05. The Hall–Kier alpha value is -3.46. The lowest BCUT2D eigenvalue weighted by Gasteiger charge is -2.13. The van der Waals surface area contributed by atoms with E-state index in [4.69, 9.17) is 4.99 Å². The van der Waals surface area contributed by atoms with Gasteiger partial charge in [-0.05, 0) is 44.5 Å². The Morgan fingerprint density at radius 1 is 0.788 bits per heavy atom. The number of benzene rings is 3. The average Bonchev–Trinajstić information content (AvgIpc) is 3.52. The number of nitrogens with zero attached hydrogens (tertiary/aromatic N) is 2. The van der Waals surface area contributed by atoms with Gasteiger partial charge >= 0.3 is 0 Å². The highest BCUT2D eigenvalue weighted by atomic mass is 14.9. The molecule has 4 aromatic rings. The van der Waals surface area contributed by atoms with Crippen molar-refractivity contribution in [3.05, 3.63) is 83.4 Å². The van der Waals surface area contributed by atoms with E-state index in [-0.39, 0.29) is 0 Å². The van der Waals surface area contributed by atoms with Crippen molar-refractivity contribution in [1.82, 2.24) is 9.97 Å². The zero-order valence-corrected chi connectivity index (χ0v) is 19.7. The van der Waals surface area contributed by atoms with Crippen LogP contribution < -0.4 is 0 Å². The van der Waals surface area contributed by atoms with Gasteiger partial charge in [-0.25, -0.2) is 4.98 Å². The second-order valence-corrected chi connectivity index (χ2v) is 9.95. The van der Waals surface area contributed by atoms with E-state index in [0.717, 1.165) is 24.4 Å². The molecule has 3 nitrogen and oxygen atoms in total. The maximum absolute atomic E-state index is 4.96. The fourth-order valence-corrected chi connectivity index (χ4v) is 5.23. The summed E-state index contributed by atoms with van der Waals surface area (Å²) in [6, 6.07) is 20.2. The predicted octanol–water partition coefficient (Wildman–Crippen LogP) is 7.79. The van der Waals surface area contributed by atoms with Gasteiger partial charge in [-0.2, -0.15) is 0 Å². The quantitative estimate of drug-likeness (QED) is 0.352. The first-order chi connectivity index (χ1) is 16.0. The number of fused-ring (bicyclic) bond motifs is 3. The third-order valence-corrected chi connectivity index (χ3v) is 7.11. The first-order valence-corrected chi connectivity index (χ1v) is 12.0. The monoisotopic (exact) mass is 431 g/mol. The summed E-state index contributed by atoms with van der Waals surface area (Å²) in [6.45, 7) is 8.81. The largest absolute Gasteiger partial charge is 0.342 e. The predicted molar refractivity (Wildman–Crippen MR) is 139 cm³/mol. The van der Waals surface area contributed by atoms with E-state index < -0.39 is 0 Å². The van der Waals surface area contributed by atoms with Gasteiger partial charge in [-0.15, -0.1) is 0 Å². The summed E-state index contributed by atoms with van der Waals surface area (Å²) >= 11 is 0. The SMILES string of the molecule is CC(C)C1=NC2=C(C1)c1ccc(-c3ccc(-c4cnc(C(C)C)[nH]4)c4ccccc34)cc1C2. The van der Waals surface area contributed by atoms with Crippen LogP contribution in [-0.2, 0) is 6.42 Å². The van der Waals surface area contributed by atoms with E-state index in [0.29, 0.717) is 11.8 Å². The molecule has 1 aliphatic heterocycles. The first-order valence-electron chi connectivity index (χ1n) is 12.0. The molecule has 1 aromatic heterocycles. The number of rotatable bonds is 4. The Balaban J connectivity index is 1.41. The number of H-pyrrole nitrogens is 1. The van der Waals surface area contributed by atoms with Crippen LogP contribution in [0.4, 0.5) is 0 Å². The van der Waals surface area contributed by atoms with Gasteiger partial charge < -0.3 is 4.98 Å². The number of hydrogen-bond donors (Lipinski definition) is 1. The van der Waals surface area contributed by atoms with Gasteiger partial charge in [0.25, 0.3) is 0 Å². The number of aromatic nitrogens is 2. The molecule has 1 N–H and O–H groups in total. The van der Waals surface area contributed by atoms with Crippen molar-refractivity contribution < 1.29 is 0 Å². The minimum absolute atomic E-state index is 0.381. The molecule has 0 unspecified atom stereocenters. The molecule has 0 bridgehead atoms. The molecule has 0 atom stereocenters. The zero-order valence-electron chi connectivity index (χ0n) is 19.7. The average molecular weight is 432 g/mol. The number of nitrogens with one attached hydrogen (secondary N) is 1. The van der Waals surface area contributed by atoms with E-state index in [2.05, 4.69) is 92.3 Å². The molecule has 0 spiro atoms. The van der Waals surface area contributed by atoms with Crippen molar-refractivity contribution in [3.63, 3.8) is 0 Å². The Bertz CT molecular complexity index is 1460. The molecule has 0 amide bonds. The Labute approximate surface area is 195 Å². The number of allylic oxidation sites excluding steroid dienone is 2. The summed E-state index contributed by atoms with van der Waals surface area (Å²) in [5.74, 6) is 1.93. The van der Waals surface area contributed by atoms with Crippen LogP contribution in [0.5, 0.6) is 0 Å². The van der Waals surface area contributed by atoms with Crippen LogP contribution in [-0.4, -0.2) is 15.7 Å². The second kappa shape index (κ2) is 7.55. The van der Waals surface area contributed by atoms with Crippen molar-refractivity contribution in [3.8, 4) is 22.4 Å². The first kappa shape index (κ1) is 20.2. The summed E-state index contributed by atoms with van der Waals surface area (Å²) < 4.78 is 0. The number of hydrogen-bond acceptors (Lipinski definition) is 2. The van der Waals surface area contributed by atoms with E-state index in [1.807, 2.05) is 6.20 Å². The highest BCUT2D eigenvalue weighted by Gasteiger charge is 2.28. The molecule has 1 aliphatic carbocycles. The molecule has 0 saturated carbocycles. The van der Waals surface area contributed by atoms with Crippen LogP contribution in [0.25, 0.3) is 38.7 Å². The van der Waals surface area contributed by atoms with Gasteiger partial charge in [0.15, 0.2) is 0 Å². The Morgan fingerprint density at radius 3 is 2.24 bits per heavy atom. The van der Waals surface area contributed by atoms with E-state index >= 15 is 0 Å². The topological polar surface area (TPSA) is 41.0 Å². The number of imidazole rings is 1. The zero-order chi connectivity index (χ0) is 22.7. The standard InChI is InChI=1S/C30H29N3/c1-17(2)27-15-26-22-10-9-19(13-20(22)14-28(26)32-27)21-11-12-25(24-8-6-5-7-23(21)24)29-16-31-30(33-29)18(3)4/h5-13,16-18H,14-15H2,1-4H3,(H,31,33). The third-order valence-electron chi connectivity index (χ3n) is 7.11. The van der Waals surface area contributed by atoms with Crippen molar-refractivity contribution >= 4 is 22.1 Å². The molecule has 164 valence electrons. The summed E-state index contributed by atoms with van der Waals surface area (Å²) in [5.41, 5.74) is 11.7. The molecule has 33 heavy (non-hydrogen) atoms. The molecule has 3 aromatic carbocycles. The van der Waals surface area contributed by atoms with Gasteiger partial charge in [-0.3, -0.25) is 4.99 Å². The van der Waals surface area contributed by atoms with Gasteiger partial charge in [0.05, 0.1) is 11.9 Å². The molecule has 2 aliphatic rings. The maximum Gasteiger partial charge on any atom is 0.109 e. The Morgan fingerprint density at radius 2 is 1.52 bits per heavy atom. The van der Waals surface area contributed by atoms with E-state index in [1.54, 1.807) is 0 Å². The summed E-state index contributed by atoms with van der Waals surface area (Å²) in [5, 5.41) is 2.52. The van der Waals surface area contributed by atoms with Crippen LogP contribution in [0.3, 0.4) is 0 Å². The number of aliphatic imine (C=N–C) groups is 1. The van der Waals surface area contributed by atoms with Gasteiger partial charge in [0.1, 0.15) is 5.82 Å². The van der Waals surface area contributed by atoms with Crippen LogP contribution in [0.15, 0.2) is 71.5 Å². The molecular formula is C30H29N3. The summed E-state index contributed by atoms with van der Waals surface area (Å²) in [6.07, 6.45) is 3.93. The minimum Gasteiger partial charge on any atom is -0.342 e. The lowest BCUT2D eigenvalue weighted by atomic mass is 9.91. The highest BCUT2D eigenvalue weighted by molar-refractivity contribution is 6.05. The van der Waals surface area contributed by atoms with Gasteiger partial charge in [-0.1, -0.05) is 82.3 Å². The van der Waals surface area contributed by atoms with Crippen molar-refractivity contribution in [2.75, 3.05) is 0 Å². The van der Waals surface area contributed by atoms with E-state index in [1.165, 1.54) is 55.6 Å². The normalized spacial score (nSPS) is 15.0. The molecule has 0 radical (unpaired) electrons. The molecule has 0 fully saturated rings. The van der Waals surface area contributed by atoms with Crippen LogP contribution >= 0.6 is 0 Å². The second-order valence-electron chi connectivity index (χ2n) is 9.95. The van der Waals surface area contributed by atoms with Gasteiger partial charge in [0.2, 0.25) is 0 Å². The van der Waals surface area contributed by atoms with Crippen LogP contribution in [0.1, 0.15) is 57.0 Å². The van der Waals surface area contributed by atoms with Crippen LogP contribution in [0.2, 0.25) is 0 Å². The Kier molecular flexibility index (Phi) is 4.62. The fourth-order valence-electron chi connectivity index (χ4n) is 5.23. The smallest absolute Gasteiger partial charge is 0.109 e. The van der Waals surface area contributed by atoms with Crippen molar-refractivity contribution in [2.45, 2.75) is 46.5 Å². The minimum atomic E-state index is 0.381. The highest BCUT2D eigenvalue weighted by Crippen LogP contribution is 2.43. The summed E-state index contributed by atoms with van der Waals surface area (Å²) in [7, 11) is 0. The lowest BCUT2D eigenvalue weighted by molar-refractivity contribution is 0.795. The fraction of sp³-hybridized carbons (Fsp3) is 0.267. The molecule has 3 heteroatoms. The van der Waals surface area contributed by atoms with Crippen LogP contribution in [0, 0.1) is 5.92 Å². The molecular weight excluding hydrogens is 402 g/mol. The molecule has 2 heterocycles.